The SMILES string of the molecule is N=C(N)NCCC[C@H](NC(=O)CCCC(=O)Nc1cccc(CN(Cc2ccccn2)Cc2ccccn2)n1)C(=O)N[C@@H](Cc1c[nH]c2ccccc12)C(=O)N[C@@H](CCCNC(=N)N)C(=O)N[C@@H](Cc1c[nH]c2ccccc12)C(=O)N[C@@H](CCCNC(=N)N)C(=O)N[C@@H](Cc1c[nH]c2ccccc12)C(=O)OCc1ccccc1. The molecule has 6 aromatic heterocycles. The van der Waals surface area contributed by atoms with Gasteiger partial charge in [-0.25, -0.2) is 9.78 Å². The highest BCUT2D eigenvalue weighted by Gasteiger charge is 2.35. The van der Waals surface area contributed by atoms with Crippen molar-refractivity contribution in [3.05, 3.63) is 228 Å². The monoisotopic (exact) mass is 1540 g/mol. The molecule has 10 aromatic rings. The van der Waals surface area contributed by atoms with Crippen molar-refractivity contribution >= 4 is 104 Å². The summed E-state index contributed by atoms with van der Waals surface area (Å²) in [4.78, 5) is 143. The molecule has 32 heteroatoms. The van der Waals surface area contributed by atoms with Crippen LogP contribution < -0.4 is 70.4 Å². The van der Waals surface area contributed by atoms with Crippen molar-refractivity contribution in [2.45, 2.75) is 140 Å². The molecule has 7 amide bonds. The van der Waals surface area contributed by atoms with E-state index >= 15 is 14.4 Å². The first-order valence-corrected chi connectivity index (χ1v) is 37.5. The molecule has 0 bridgehead atoms. The number of aromatic amines is 3. The van der Waals surface area contributed by atoms with Crippen molar-refractivity contribution < 1.29 is 43.1 Å². The Morgan fingerprint density at radius 3 is 1.24 bits per heavy atom. The molecule has 6 heterocycles. The number of esters is 1. The minimum atomic E-state index is -1.48. The second kappa shape index (κ2) is 41.9. The van der Waals surface area contributed by atoms with Gasteiger partial charge >= 0.3 is 5.97 Å². The molecule has 0 aliphatic carbocycles. The molecule has 0 fully saturated rings. The van der Waals surface area contributed by atoms with Crippen molar-refractivity contribution in [3.8, 4) is 0 Å². The molecular weight excluding hydrogens is 1440 g/mol. The minimum absolute atomic E-state index is 0.0122. The Hall–Kier alpha value is -13.5. The highest BCUT2D eigenvalue weighted by molar-refractivity contribution is 5.99. The lowest BCUT2D eigenvalue weighted by molar-refractivity contribution is -0.149. The van der Waals surface area contributed by atoms with E-state index in [1.807, 2.05) is 121 Å². The number of rotatable bonds is 43. The van der Waals surface area contributed by atoms with E-state index in [1.165, 1.54) is 0 Å². The minimum Gasteiger partial charge on any atom is -0.459 e. The predicted octanol–water partition coefficient (Wildman–Crippen LogP) is 4.80. The van der Waals surface area contributed by atoms with Gasteiger partial charge in [-0.1, -0.05) is 103 Å². The maximum Gasteiger partial charge on any atom is 0.329 e. The first-order chi connectivity index (χ1) is 54.8. The van der Waals surface area contributed by atoms with Crippen LogP contribution in [0.1, 0.15) is 97.1 Å². The molecule has 0 unspecified atom stereocenters. The Morgan fingerprint density at radius 1 is 0.407 bits per heavy atom. The number of pyridine rings is 3. The number of para-hydroxylation sites is 3. The topological polar surface area (TPSA) is 505 Å². The Morgan fingerprint density at radius 2 is 0.788 bits per heavy atom. The van der Waals surface area contributed by atoms with E-state index in [1.54, 1.807) is 67.4 Å². The fraction of sp³-hybridized carbons (Fsp3) is 0.309. The third-order valence-electron chi connectivity index (χ3n) is 18.8. The molecule has 113 heavy (non-hydrogen) atoms. The normalized spacial score (nSPS) is 12.8. The summed E-state index contributed by atoms with van der Waals surface area (Å²) >= 11 is 0. The van der Waals surface area contributed by atoms with Crippen LogP contribution in [0.5, 0.6) is 0 Å². The number of nitrogens with one attached hydrogen (secondary N) is 16. The van der Waals surface area contributed by atoms with Gasteiger partial charge in [0.1, 0.15) is 48.7 Å². The molecule has 22 N–H and O–H groups in total. The summed E-state index contributed by atoms with van der Waals surface area (Å²) in [5.74, 6) is -6.53. The maximum atomic E-state index is 15.4. The number of benzene rings is 4. The van der Waals surface area contributed by atoms with Crippen LogP contribution in [0.2, 0.25) is 0 Å². The standard InChI is InChI=1S/C81H97N23O9/c82-79(83)90-38-16-30-64(97-71(105)34-15-35-72(106)103-70-33-14-23-57(96-70)49-104(47-55-21-10-12-36-88-55)48-56-22-11-13-37-89-56)73(107)100-67(41-52-44-93-61-27-7-4-24-58(52)61)76(110)98-65(31-17-39-91-80(84)85)74(108)101-68(42-53-45-94-62-28-8-5-25-59(53)62)77(111)99-66(32-18-40-92-81(86)87)75(109)102-69(78(112)113-50-51-19-2-1-3-20-51)43-54-46-95-63-29-9-6-26-60(54)63/h1-14,19-29,33,36-37,44-46,64-69,93-95H,15-18,30-32,34-35,38-43,47-50H2,(H,97,105)(H,98,110)(H,99,111)(H,100,107)(H,101,108)(H,102,109)(H4,82,83,90)(H4,84,85,91)(H4,86,87,92)(H,96,103,106)/t64-,65-,66-,67-,68-,69-/m0/s1. The summed E-state index contributed by atoms with van der Waals surface area (Å²) in [6.45, 7) is 1.64. The lowest BCUT2D eigenvalue weighted by Crippen LogP contribution is -2.60. The van der Waals surface area contributed by atoms with Crippen LogP contribution in [0.3, 0.4) is 0 Å². The molecule has 0 radical (unpaired) electrons. The Balaban J connectivity index is 0.868. The number of carbonyl (C=O) groups excluding carboxylic acids is 8. The highest BCUT2D eigenvalue weighted by Crippen LogP contribution is 2.24. The summed E-state index contributed by atoms with van der Waals surface area (Å²) in [5, 5.41) is 53.8. The lowest BCUT2D eigenvalue weighted by Gasteiger charge is -2.28. The summed E-state index contributed by atoms with van der Waals surface area (Å²) in [5.41, 5.74) is 24.2. The van der Waals surface area contributed by atoms with Crippen LogP contribution in [0.25, 0.3) is 32.7 Å². The number of carbonyl (C=O) groups is 8. The summed E-state index contributed by atoms with van der Waals surface area (Å²) in [6.07, 6.45) is 8.35. The van der Waals surface area contributed by atoms with Crippen LogP contribution in [0, 0.1) is 16.2 Å². The number of nitrogens with two attached hydrogens (primary N) is 3. The number of hydrogen-bond acceptors (Lipinski definition) is 16. The molecule has 0 aliphatic rings. The Bertz CT molecular complexity index is 4840. The molecule has 10 rings (SSSR count). The van der Waals surface area contributed by atoms with Gasteiger partial charge in [-0.2, -0.15) is 0 Å². The van der Waals surface area contributed by atoms with Crippen LogP contribution >= 0.6 is 0 Å². The second-order valence-corrected chi connectivity index (χ2v) is 27.4. The van der Waals surface area contributed by atoms with Crippen molar-refractivity contribution in [1.82, 2.24) is 82.7 Å². The van der Waals surface area contributed by atoms with Gasteiger partial charge in [0.2, 0.25) is 41.4 Å². The molecule has 6 atom stereocenters. The third kappa shape index (κ3) is 25.8. The number of anilines is 1. The van der Waals surface area contributed by atoms with Gasteiger partial charge in [0.05, 0.1) is 17.1 Å². The van der Waals surface area contributed by atoms with Gasteiger partial charge in [-0.15, -0.1) is 0 Å². The van der Waals surface area contributed by atoms with Gasteiger partial charge in [-0.3, -0.25) is 64.7 Å². The van der Waals surface area contributed by atoms with E-state index < -0.39 is 83.6 Å². The zero-order valence-electron chi connectivity index (χ0n) is 62.5. The van der Waals surface area contributed by atoms with E-state index in [2.05, 4.69) is 83.0 Å². The summed E-state index contributed by atoms with van der Waals surface area (Å²) in [6, 6.07) is 39.5. The first kappa shape index (κ1) is 82.0. The molecule has 590 valence electrons. The van der Waals surface area contributed by atoms with E-state index in [0.29, 0.717) is 58.8 Å². The Kier molecular flexibility index (Phi) is 30.4. The highest BCUT2D eigenvalue weighted by atomic mass is 16.5. The maximum absolute atomic E-state index is 15.4. The first-order valence-electron chi connectivity index (χ1n) is 37.5. The molecular formula is C81H97N23O9. The number of H-pyrrole nitrogens is 3. The van der Waals surface area contributed by atoms with Gasteiger partial charge in [0.15, 0.2) is 17.9 Å². The van der Waals surface area contributed by atoms with E-state index in [9.17, 15) is 24.0 Å². The largest absolute Gasteiger partial charge is 0.459 e. The number of nitrogens with zero attached hydrogens (tertiary/aromatic N) is 4. The number of amides is 7. The average molecular weight is 1540 g/mol. The molecule has 32 nitrogen and oxygen atoms in total. The van der Waals surface area contributed by atoms with Gasteiger partial charge in [-0.05, 0) is 122 Å². The van der Waals surface area contributed by atoms with Gasteiger partial charge in [0, 0.05) is 135 Å². The van der Waals surface area contributed by atoms with Crippen LogP contribution in [-0.4, -0.2) is 156 Å². The summed E-state index contributed by atoms with van der Waals surface area (Å²) in [7, 11) is 0. The van der Waals surface area contributed by atoms with Crippen LogP contribution in [0.4, 0.5) is 5.82 Å². The smallest absolute Gasteiger partial charge is 0.329 e. The number of fused-ring (bicyclic) bond motifs is 3. The number of guanidine groups is 3. The summed E-state index contributed by atoms with van der Waals surface area (Å²) < 4.78 is 5.83. The van der Waals surface area contributed by atoms with Gasteiger partial charge in [0.25, 0.3) is 0 Å². The third-order valence-corrected chi connectivity index (χ3v) is 18.8. The number of ether oxygens (including phenoxy) is 1. The lowest BCUT2D eigenvalue weighted by atomic mass is 10.0. The fourth-order valence-electron chi connectivity index (χ4n) is 13.1. The van der Waals surface area contributed by atoms with Crippen LogP contribution in [-0.2, 0) is 88.6 Å². The van der Waals surface area contributed by atoms with Crippen molar-refractivity contribution in [3.63, 3.8) is 0 Å². The number of hydrogen-bond donors (Lipinski definition) is 19. The predicted molar refractivity (Wildman–Crippen MR) is 429 cm³/mol. The average Bonchev–Trinajstić information content (AvgIpc) is 1.68. The fourth-order valence-corrected chi connectivity index (χ4v) is 13.1. The molecule has 4 aromatic carbocycles. The van der Waals surface area contributed by atoms with Crippen molar-refractivity contribution in [1.29, 1.82) is 16.2 Å². The molecule has 0 saturated heterocycles. The van der Waals surface area contributed by atoms with Gasteiger partial charge < -0.3 is 90.1 Å². The van der Waals surface area contributed by atoms with Crippen molar-refractivity contribution in [2.75, 3.05) is 25.0 Å². The zero-order valence-corrected chi connectivity index (χ0v) is 62.5. The van der Waals surface area contributed by atoms with E-state index in [4.69, 9.17) is 43.1 Å². The van der Waals surface area contributed by atoms with Crippen LogP contribution in [0.15, 0.2) is 189 Å². The molecule has 0 spiro atoms. The Labute approximate surface area is 652 Å². The quantitative estimate of drug-likeness (QED) is 0.0106. The molecule has 0 saturated carbocycles. The van der Waals surface area contributed by atoms with E-state index in [0.717, 1.165) is 38.7 Å². The molecule has 0 aliphatic heterocycles. The number of aromatic nitrogens is 6. The second-order valence-electron chi connectivity index (χ2n) is 27.4. The van der Waals surface area contributed by atoms with E-state index in [-0.39, 0.29) is 121 Å². The van der Waals surface area contributed by atoms with Crippen molar-refractivity contribution in [2.24, 2.45) is 17.2 Å². The zero-order chi connectivity index (χ0) is 79.9.